The number of nitrogens with zero attached hydrogens (tertiary/aromatic N) is 3. The number of rotatable bonds is 7. The molecule has 2 fully saturated rings. The van der Waals surface area contributed by atoms with Crippen molar-refractivity contribution in [2.45, 2.75) is 25.7 Å². The average molecular weight is 509 g/mol. The van der Waals surface area contributed by atoms with Crippen LogP contribution in [0, 0.1) is 18.3 Å². The Labute approximate surface area is 213 Å². The summed E-state index contributed by atoms with van der Waals surface area (Å²) < 4.78 is 33.4. The summed E-state index contributed by atoms with van der Waals surface area (Å²) in [5.74, 6) is -0.583. The van der Waals surface area contributed by atoms with Gasteiger partial charge in [-0.2, -0.15) is 5.26 Å². The number of benzene rings is 2. The smallest absolute Gasteiger partial charge is 0.241 e. The first-order chi connectivity index (χ1) is 17.3. The molecule has 8 nitrogen and oxygen atoms in total. The molecule has 0 radical (unpaired) electrons. The maximum absolute atomic E-state index is 12.8. The molecule has 2 aliphatic rings. The predicted molar refractivity (Wildman–Crippen MR) is 140 cm³/mol. The van der Waals surface area contributed by atoms with E-state index in [1.807, 2.05) is 43.3 Å². The third kappa shape index (κ3) is 6.25. The Bertz CT molecular complexity index is 1250. The minimum absolute atomic E-state index is 0.407. The molecule has 0 spiro atoms. The highest BCUT2D eigenvalue weighted by Gasteiger charge is 2.25. The molecular formula is C27H32N4O4S. The van der Waals surface area contributed by atoms with Crippen LogP contribution in [0.5, 0.6) is 0 Å². The minimum Gasteiger partial charge on any atom is -0.378 e. The van der Waals surface area contributed by atoms with Gasteiger partial charge in [-0.05, 0) is 60.6 Å². The molecule has 9 heteroatoms. The van der Waals surface area contributed by atoms with Crippen molar-refractivity contribution in [2.24, 2.45) is 0 Å². The van der Waals surface area contributed by atoms with Crippen molar-refractivity contribution in [3.8, 4) is 6.07 Å². The minimum atomic E-state index is -3.86. The lowest BCUT2D eigenvalue weighted by Crippen LogP contribution is -2.44. The summed E-state index contributed by atoms with van der Waals surface area (Å²) in [6, 6.07) is 15.6. The topological polar surface area (TPSA) is 103 Å². The van der Waals surface area contributed by atoms with Gasteiger partial charge in [0.1, 0.15) is 5.75 Å². The molecule has 0 unspecified atom stereocenters. The number of sulfonamides is 1. The zero-order chi connectivity index (χ0) is 25.7. The van der Waals surface area contributed by atoms with E-state index in [0.717, 1.165) is 42.8 Å². The molecule has 2 saturated heterocycles. The van der Waals surface area contributed by atoms with Gasteiger partial charge in [0.15, 0.2) is 0 Å². The number of morpholine rings is 1. The molecule has 0 saturated carbocycles. The Balaban J connectivity index is 1.38. The Morgan fingerprint density at radius 3 is 2.39 bits per heavy atom. The van der Waals surface area contributed by atoms with Crippen molar-refractivity contribution < 1.29 is 17.9 Å². The van der Waals surface area contributed by atoms with E-state index in [1.165, 1.54) is 10.5 Å². The molecule has 36 heavy (non-hydrogen) atoms. The maximum atomic E-state index is 12.8. The van der Waals surface area contributed by atoms with Gasteiger partial charge in [-0.1, -0.05) is 30.8 Å². The molecular weight excluding hydrogens is 476 g/mol. The normalized spacial score (nSPS) is 16.9. The van der Waals surface area contributed by atoms with Crippen LogP contribution in [-0.2, 0) is 19.6 Å². The van der Waals surface area contributed by atoms with Crippen molar-refractivity contribution in [1.82, 2.24) is 9.80 Å². The van der Waals surface area contributed by atoms with E-state index in [2.05, 4.69) is 22.3 Å². The Hall–Kier alpha value is -3.35. The number of nitrogens with one attached hydrogen (secondary N) is 1. The zero-order valence-electron chi connectivity index (χ0n) is 20.6. The summed E-state index contributed by atoms with van der Waals surface area (Å²) in [4.78, 5) is 16.2. The Kier molecular flexibility index (Phi) is 7.97. The standard InChI is InChI=1S/C27H32N4O4S/c1-20-3-6-25(17-26(20)29-36(33,34)19-27(32)31-13-15-35-16-14-31)21(2)30-11-9-24(10-12-30)23-7-4-22(18-28)5-8-23/h3-8,17,24,29H,2,9-16,19H2,1H3. The molecule has 2 heterocycles. The highest BCUT2D eigenvalue weighted by Crippen LogP contribution is 2.32. The van der Waals surface area contributed by atoms with Gasteiger partial charge in [0, 0.05) is 31.9 Å². The Morgan fingerprint density at radius 1 is 1.08 bits per heavy atom. The zero-order valence-corrected chi connectivity index (χ0v) is 21.4. The van der Waals surface area contributed by atoms with Crippen LogP contribution in [0.3, 0.4) is 0 Å². The van der Waals surface area contributed by atoms with E-state index in [1.54, 1.807) is 6.07 Å². The number of hydrogen-bond acceptors (Lipinski definition) is 6. The van der Waals surface area contributed by atoms with Gasteiger partial charge >= 0.3 is 0 Å². The summed E-state index contributed by atoms with van der Waals surface area (Å²) in [6.45, 7) is 9.46. The Morgan fingerprint density at radius 2 is 1.75 bits per heavy atom. The van der Waals surface area contributed by atoms with E-state index >= 15 is 0 Å². The van der Waals surface area contributed by atoms with E-state index in [0.29, 0.717) is 43.5 Å². The molecule has 2 aliphatic heterocycles. The fraction of sp³-hybridized carbons (Fsp3) is 0.407. The quantitative estimate of drug-likeness (QED) is 0.616. The monoisotopic (exact) mass is 508 g/mol. The van der Waals surface area contributed by atoms with Crippen molar-refractivity contribution in [3.63, 3.8) is 0 Å². The van der Waals surface area contributed by atoms with Crippen molar-refractivity contribution in [2.75, 3.05) is 49.9 Å². The van der Waals surface area contributed by atoms with Gasteiger partial charge < -0.3 is 14.5 Å². The van der Waals surface area contributed by atoms with Crippen LogP contribution in [0.15, 0.2) is 49.0 Å². The van der Waals surface area contributed by atoms with E-state index in [9.17, 15) is 13.2 Å². The van der Waals surface area contributed by atoms with Crippen LogP contribution in [0.25, 0.3) is 5.70 Å². The van der Waals surface area contributed by atoms with Gasteiger partial charge in [-0.3, -0.25) is 9.52 Å². The van der Waals surface area contributed by atoms with Gasteiger partial charge in [-0.25, -0.2) is 8.42 Å². The van der Waals surface area contributed by atoms with Crippen LogP contribution in [0.4, 0.5) is 5.69 Å². The lowest BCUT2D eigenvalue weighted by molar-refractivity contribution is -0.132. The molecule has 2 aromatic rings. The number of anilines is 1. The van der Waals surface area contributed by atoms with Crippen LogP contribution < -0.4 is 4.72 Å². The third-order valence-corrected chi connectivity index (χ3v) is 8.06. The van der Waals surface area contributed by atoms with E-state index < -0.39 is 21.7 Å². The lowest BCUT2D eigenvalue weighted by atomic mass is 9.88. The number of nitriles is 1. The molecule has 1 N–H and O–H groups in total. The van der Waals surface area contributed by atoms with Gasteiger partial charge in [0.2, 0.25) is 15.9 Å². The molecule has 2 aromatic carbocycles. The maximum Gasteiger partial charge on any atom is 0.241 e. The van der Waals surface area contributed by atoms with E-state index in [4.69, 9.17) is 10.00 Å². The van der Waals surface area contributed by atoms with Crippen LogP contribution in [-0.4, -0.2) is 69.3 Å². The molecule has 4 rings (SSSR count). The fourth-order valence-corrected chi connectivity index (χ4v) is 5.81. The van der Waals surface area contributed by atoms with Gasteiger partial charge in [-0.15, -0.1) is 0 Å². The van der Waals surface area contributed by atoms with Gasteiger partial charge in [0.05, 0.1) is 30.5 Å². The molecule has 0 atom stereocenters. The number of likely N-dealkylation sites (tertiary alicyclic amines) is 1. The van der Waals surface area contributed by atoms with Gasteiger partial charge in [0.25, 0.3) is 0 Å². The first-order valence-corrected chi connectivity index (χ1v) is 13.8. The largest absolute Gasteiger partial charge is 0.378 e. The van der Waals surface area contributed by atoms with E-state index in [-0.39, 0.29) is 0 Å². The van der Waals surface area contributed by atoms with Crippen molar-refractivity contribution in [1.29, 1.82) is 5.26 Å². The summed E-state index contributed by atoms with van der Waals surface area (Å²) in [7, 11) is -3.86. The fourth-order valence-electron chi connectivity index (χ4n) is 4.68. The predicted octanol–water partition coefficient (Wildman–Crippen LogP) is 3.32. The number of amides is 1. The summed E-state index contributed by atoms with van der Waals surface area (Å²) >= 11 is 0. The number of aryl methyl sites for hydroxylation is 1. The van der Waals surface area contributed by atoms with Crippen molar-refractivity contribution in [3.05, 3.63) is 71.3 Å². The second-order valence-corrected chi connectivity index (χ2v) is 11.0. The first-order valence-electron chi connectivity index (χ1n) is 12.2. The summed E-state index contributed by atoms with van der Waals surface area (Å²) in [5, 5.41) is 9.01. The molecule has 1 amide bonds. The van der Waals surface area contributed by atoms with Crippen LogP contribution >= 0.6 is 0 Å². The molecule has 190 valence electrons. The second-order valence-electron chi connectivity index (χ2n) is 9.33. The number of carbonyl (C=O) groups excluding carboxylic acids is 1. The average Bonchev–Trinajstić information content (AvgIpc) is 2.90. The summed E-state index contributed by atoms with van der Waals surface area (Å²) in [6.07, 6.45) is 1.94. The third-order valence-electron chi connectivity index (χ3n) is 6.90. The molecule has 0 bridgehead atoms. The first kappa shape index (κ1) is 25.7. The lowest BCUT2D eigenvalue weighted by Gasteiger charge is -2.35. The SMILES string of the molecule is C=C(c1ccc(C)c(NS(=O)(=O)CC(=O)N2CCOCC2)c1)N1CCC(c2ccc(C#N)cc2)CC1. The van der Waals surface area contributed by atoms with Crippen LogP contribution in [0.1, 0.15) is 41.0 Å². The molecule has 0 aliphatic carbocycles. The van der Waals surface area contributed by atoms with Crippen molar-refractivity contribution >= 4 is 27.3 Å². The number of piperidine rings is 1. The number of hydrogen-bond donors (Lipinski definition) is 1. The summed E-state index contributed by atoms with van der Waals surface area (Å²) in [5.41, 5.74) is 4.83. The second kappa shape index (κ2) is 11.1. The van der Waals surface area contributed by atoms with Crippen LogP contribution in [0.2, 0.25) is 0 Å². The molecule has 0 aromatic heterocycles. The highest BCUT2D eigenvalue weighted by molar-refractivity contribution is 7.93. The highest BCUT2D eigenvalue weighted by atomic mass is 32.2. The number of ether oxygens (including phenoxy) is 1. The number of carbonyl (C=O) groups is 1.